The summed E-state index contributed by atoms with van der Waals surface area (Å²) in [7, 11) is 1.66. The van der Waals surface area contributed by atoms with Crippen molar-refractivity contribution in [1.82, 2.24) is 4.90 Å². The van der Waals surface area contributed by atoms with E-state index in [1.54, 1.807) is 7.05 Å². The van der Waals surface area contributed by atoms with Crippen LogP contribution >= 0.6 is 0 Å². The third-order valence-electron chi connectivity index (χ3n) is 4.88. The highest BCUT2D eigenvalue weighted by Gasteiger charge is 2.36. The van der Waals surface area contributed by atoms with Gasteiger partial charge in [0.15, 0.2) is 5.96 Å². The molecule has 2 N–H and O–H groups in total. The number of hydrogen-bond donors (Lipinski definition) is 1. The Kier molecular flexibility index (Phi) is 3.84. The van der Waals surface area contributed by atoms with Gasteiger partial charge in [0.25, 0.3) is 0 Å². The van der Waals surface area contributed by atoms with Gasteiger partial charge < -0.3 is 5.73 Å². The zero-order valence-corrected chi connectivity index (χ0v) is 13.9. The van der Waals surface area contributed by atoms with Gasteiger partial charge in [0, 0.05) is 13.0 Å². The Morgan fingerprint density at radius 1 is 1.30 bits per heavy atom. The van der Waals surface area contributed by atoms with Crippen LogP contribution < -0.4 is 5.73 Å². The number of carbonyl (C=O) groups excluding carboxylic acids is 1. The molecule has 1 aliphatic heterocycles. The summed E-state index contributed by atoms with van der Waals surface area (Å²) < 4.78 is 0. The van der Waals surface area contributed by atoms with Crippen LogP contribution in [0.2, 0.25) is 0 Å². The van der Waals surface area contributed by atoms with Crippen molar-refractivity contribution in [3.05, 3.63) is 59.7 Å². The number of hydrogen-bond acceptors (Lipinski definition) is 3. The van der Waals surface area contributed by atoms with E-state index in [0.29, 0.717) is 18.3 Å². The largest absolute Gasteiger partial charge is 0.369 e. The lowest BCUT2D eigenvalue weighted by atomic mass is 9.81. The molecular formula is C19H23N3O. The quantitative estimate of drug-likeness (QED) is 0.913. The molecule has 0 fully saturated rings. The van der Waals surface area contributed by atoms with Crippen molar-refractivity contribution in [3.63, 3.8) is 0 Å². The van der Waals surface area contributed by atoms with Crippen LogP contribution in [0.15, 0.2) is 53.6 Å². The van der Waals surface area contributed by atoms with Crippen LogP contribution in [0, 0.1) is 5.92 Å². The summed E-state index contributed by atoms with van der Waals surface area (Å²) in [5.74, 6) is 1.09. The lowest BCUT2D eigenvalue weighted by Crippen LogP contribution is -2.47. The van der Waals surface area contributed by atoms with E-state index in [-0.39, 0.29) is 11.9 Å². The normalized spacial score (nSPS) is 30.5. The van der Waals surface area contributed by atoms with E-state index < -0.39 is 5.54 Å². The first kappa shape index (κ1) is 15.5. The highest BCUT2D eigenvalue weighted by atomic mass is 16.2. The van der Waals surface area contributed by atoms with E-state index in [0.717, 1.165) is 5.56 Å². The van der Waals surface area contributed by atoms with Crippen molar-refractivity contribution in [1.29, 1.82) is 0 Å². The van der Waals surface area contributed by atoms with Gasteiger partial charge in [-0.1, -0.05) is 55.5 Å². The fraction of sp³-hybridized carbons (Fsp3) is 0.368. The Hall–Kier alpha value is -2.36. The van der Waals surface area contributed by atoms with Crippen LogP contribution in [0.25, 0.3) is 0 Å². The molecule has 1 heterocycles. The number of nitrogens with zero attached hydrogens (tertiary/aromatic N) is 2. The van der Waals surface area contributed by atoms with Crippen LogP contribution in [-0.2, 0) is 10.3 Å². The zero-order chi connectivity index (χ0) is 16.6. The topological polar surface area (TPSA) is 58.7 Å². The maximum atomic E-state index is 12.2. The van der Waals surface area contributed by atoms with E-state index >= 15 is 0 Å². The predicted molar refractivity (Wildman–Crippen MR) is 93.0 cm³/mol. The minimum absolute atomic E-state index is 0.000679. The molecule has 0 saturated carbocycles. The van der Waals surface area contributed by atoms with Gasteiger partial charge in [-0.2, -0.15) is 0 Å². The Morgan fingerprint density at radius 3 is 2.74 bits per heavy atom. The van der Waals surface area contributed by atoms with Gasteiger partial charge in [0.1, 0.15) is 0 Å². The van der Waals surface area contributed by atoms with Gasteiger partial charge in [-0.25, -0.2) is 4.99 Å². The van der Waals surface area contributed by atoms with Gasteiger partial charge in [-0.3, -0.25) is 9.69 Å². The second-order valence-corrected chi connectivity index (χ2v) is 6.65. The molecule has 0 aromatic heterocycles. The first-order chi connectivity index (χ1) is 10.9. The van der Waals surface area contributed by atoms with Crippen molar-refractivity contribution < 1.29 is 4.79 Å². The predicted octanol–water partition coefficient (Wildman–Crippen LogP) is 2.92. The molecule has 3 atom stereocenters. The van der Waals surface area contributed by atoms with Crippen molar-refractivity contribution in [2.45, 2.75) is 31.7 Å². The van der Waals surface area contributed by atoms with Crippen LogP contribution in [-0.4, -0.2) is 23.8 Å². The molecule has 0 spiro atoms. The van der Waals surface area contributed by atoms with Crippen LogP contribution in [0.4, 0.5) is 0 Å². The van der Waals surface area contributed by atoms with Crippen molar-refractivity contribution in [2.24, 2.45) is 16.6 Å². The molecule has 1 aromatic carbocycles. The summed E-state index contributed by atoms with van der Waals surface area (Å²) in [4.78, 5) is 18.2. The molecule has 2 unspecified atom stereocenters. The highest BCUT2D eigenvalue weighted by Crippen LogP contribution is 2.36. The van der Waals surface area contributed by atoms with Crippen LogP contribution in [0.1, 0.15) is 37.3 Å². The van der Waals surface area contributed by atoms with E-state index in [4.69, 9.17) is 5.73 Å². The molecule has 2 aliphatic rings. The molecule has 23 heavy (non-hydrogen) atoms. The molecule has 1 aromatic rings. The highest BCUT2D eigenvalue weighted by molar-refractivity contribution is 5.98. The number of amides is 1. The minimum atomic E-state index is -0.596. The molecule has 0 bridgehead atoms. The van der Waals surface area contributed by atoms with Crippen molar-refractivity contribution >= 4 is 11.9 Å². The number of nitrogens with two attached hydrogens (primary N) is 1. The van der Waals surface area contributed by atoms with Gasteiger partial charge >= 0.3 is 0 Å². The number of aliphatic imine (C=N–C) groups is 1. The minimum Gasteiger partial charge on any atom is -0.369 e. The maximum Gasteiger partial charge on any atom is 0.231 e. The second kappa shape index (κ2) is 5.69. The van der Waals surface area contributed by atoms with Crippen LogP contribution in [0.3, 0.4) is 0 Å². The van der Waals surface area contributed by atoms with E-state index in [1.165, 1.54) is 10.5 Å². The van der Waals surface area contributed by atoms with Gasteiger partial charge in [0.2, 0.25) is 5.91 Å². The third-order valence-corrected chi connectivity index (χ3v) is 4.88. The Bertz CT molecular complexity index is 719. The Labute approximate surface area is 137 Å². The fourth-order valence-corrected chi connectivity index (χ4v) is 3.29. The smallest absolute Gasteiger partial charge is 0.231 e. The first-order valence-electron chi connectivity index (χ1n) is 7.98. The molecule has 1 aliphatic carbocycles. The number of allylic oxidation sites excluding steroid dienone is 4. The number of carbonyl (C=O) groups is 1. The summed E-state index contributed by atoms with van der Waals surface area (Å²) in [6.45, 7) is 4.19. The molecule has 1 amide bonds. The zero-order valence-electron chi connectivity index (χ0n) is 13.9. The summed E-state index contributed by atoms with van der Waals surface area (Å²) in [6.07, 6.45) is 8.96. The first-order valence-corrected chi connectivity index (χ1v) is 7.98. The third kappa shape index (κ3) is 2.81. The van der Waals surface area contributed by atoms with Gasteiger partial charge in [-0.15, -0.1) is 0 Å². The standard InChI is InChI=1S/C19H23N3O/c1-13-7-4-5-10-16(13)14-8-6-9-15(11-14)19(2)12-17(23)22(3)18(20)21-19/h4-11,13,16H,12H2,1-3H3,(H2,20,21)/t13?,16?,19-/m0/s1. The summed E-state index contributed by atoms with van der Waals surface area (Å²) in [6, 6.07) is 8.39. The summed E-state index contributed by atoms with van der Waals surface area (Å²) in [5.41, 5.74) is 7.61. The van der Waals surface area contributed by atoms with E-state index in [9.17, 15) is 4.79 Å². The molecule has 4 nitrogen and oxygen atoms in total. The van der Waals surface area contributed by atoms with E-state index in [2.05, 4.69) is 48.4 Å². The SMILES string of the molecule is CC1C=CC=CC1c1cccc([C@]2(C)CC(=O)N(C)C(N)=N2)c1. The Morgan fingerprint density at radius 2 is 2.04 bits per heavy atom. The monoisotopic (exact) mass is 309 g/mol. The lowest BCUT2D eigenvalue weighted by Gasteiger charge is -2.34. The average molecular weight is 309 g/mol. The maximum absolute atomic E-state index is 12.2. The molecular weight excluding hydrogens is 286 g/mol. The molecule has 3 rings (SSSR count). The van der Waals surface area contributed by atoms with Crippen molar-refractivity contribution in [2.75, 3.05) is 7.05 Å². The van der Waals surface area contributed by atoms with E-state index in [1.807, 2.05) is 19.1 Å². The summed E-state index contributed by atoms with van der Waals surface area (Å²) >= 11 is 0. The molecule has 120 valence electrons. The van der Waals surface area contributed by atoms with Crippen molar-refractivity contribution in [3.8, 4) is 0 Å². The number of rotatable bonds is 2. The molecule has 0 radical (unpaired) electrons. The number of guanidine groups is 1. The van der Waals surface area contributed by atoms with Gasteiger partial charge in [0.05, 0.1) is 12.0 Å². The average Bonchev–Trinajstić information content (AvgIpc) is 2.53. The molecule has 4 heteroatoms. The second-order valence-electron chi connectivity index (χ2n) is 6.65. The lowest BCUT2D eigenvalue weighted by molar-refractivity contribution is -0.128. The van der Waals surface area contributed by atoms with Crippen LogP contribution in [0.5, 0.6) is 0 Å². The molecule has 0 saturated heterocycles. The van der Waals surface area contributed by atoms with Gasteiger partial charge in [-0.05, 0) is 24.0 Å². The fourth-order valence-electron chi connectivity index (χ4n) is 3.29. The number of benzene rings is 1. The Balaban J connectivity index is 1.98. The summed E-state index contributed by atoms with van der Waals surface area (Å²) in [5, 5.41) is 0.